The van der Waals surface area contributed by atoms with Gasteiger partial charge in [-0.15, -0.1) is 0 Å². The third-order valence-corrected chi connectivity index (χ3v) is 5.81. The van der Waals surface area contributed by atoms with E-state index in [0.29, 0.717) is 24.8 Å². The van der Waals surface area contributed by atoms with Gasteiger partial charge < -0.3 is 20.1 Å². The van der Waals surface area contributed by atoms with Gasteiger partial charge in [0, 0.05) is 25.2 Å². The average Bonchev–Trinajstić information content (AvgIpc) is 3.42. The van der Waals surface area contributed by atoms with E-state index in [4.69, 9.17) is 9.47 Å². The first-order chi connectivity index (χ1) is 18.6. The van der Waals surface area contributed by atoms with E-state index in [2.05, 4.69) is 30.6 Å². The summed E-state index contributed by atoms with van der Waals surface area (Å²) in [4.78, 5) is 41.2. The molecule has 1 fully saturated rings. The summed E-state index contributed by atoms with van der Waals surface area (Å²) >= 11 is 0. The number of aromatic nitrogens is 3. The van der Waals surface area contributed by atoms with Gasteiger partial charge in [0.05, 0.1) is 54.7 Å². The maximum absolute atomic E-state index is 13.3. The van der Waals surface area contributed by atoms with Crippen molar-refractivity contribution in [1.82, 2.24) is 20.3 Å². The Bertz CT molecular complexity index is 1360. The van der Waals surface area contributed by atoms with E-state index < -0.39 is 34.8 Å². The fraction of sp³-hybridized carbons (Fsp3) is 0.280. The largest absolute Gasteiger partial charge is 0.467 e. The summed E-state index contributed by atoms with van der Waals surface area (Å²) in [6.45, 7) is 0.310. The van der Waals surface area contributed by atoms with Crippen LogP contribution in [0, 0.1) is 11.2 Å². The number of methoxy groups -OCH3 is 1. The van der Waals surface area contributed by atoms with Crippen LogP contribution in [0.5, 0.6) is 6.01 Å². The second-order valence-corrected chi connectivity index (χ2v) is 8.51. The van der Waals surface area contributed by atoms with E-state index in [9.17, 15) is 27.2 Å². The predicted octanol–water partition coefficient (Wildman–Crippen LogP) is 3.72. The van der Waals surface area contributed by atoms with Gasteiger partial charge >= 0.3 is 12.2 Å². The average molecular weight is 546 g/mol. The minimum absolute atomic E-state index is 0.000676. The topological polar surface area (TPSA) is 128 Å². The van der Waals surface area contributed by atoms with Gasteiger partial charge in [0.15, 0.2) is 0 Å². The van der Waals surface area contributed by atoms with Crippen molar-refractivity contribution in [3.63, 3.8) is 0 Å². The lowest BCUT2D eigenvalue weighted by Crippen LogP contribution is -2.42. The number of anilines is 2. The smallest absolute Gasteiger partial charge is 0.418 e. The highest BCUT2D eigenvalue weighted by Crippen LogP contribution is 2.36. The first kappa shape index (κ1) is 27.6. The van der Waals surface area contributed by atoms with Gasteiger partial charge in [0.2, 0.25) is 5.91 Å². The van der Waals surface area contributed by atoms with Gasteiger partial charge in [-0.1, -0.05) is 0 Å². The number of amides is 2. The van der Waals surface area contributed by atoms with Crippen LogP contribution in [0.3, 0.4) is 0 Å². The van der Waals surface area contributed by atoms with E-state index in [0.717, 1.165) is 12.1 Å². The van der Waals surface area contributed by atoms with Crippen molar-refractivity contribution in [2.45, 2.75) is 19.1 Å². The molecule has 1 saturated heterocycles. The second-order valence-electron chi connectivity index (χ2n) is 8.51. The zero-order valence-corrected chi connectivity index (χ0v) is 20.5. The number of alkyl halides is 3. The number of aliphatic imine (C=N–C) groups is 1. The van der Waals surface area contributed by atoms with Gasteiger partial charge in [-0.2, -0.15) is 13.2 Å². The number of rotatable bonds is 8. The molecule has 2 N–H and O–H groups in total. The highest BCUT2D eigenvalue weighted by atomic mass is 19.4. The summed E-state index contributed by atoms with van der Waals surface area (Å²) in [6.07, 6.45) is 0.601. The zero-order chi connectivity index (χ0) is 28.0. The monoisotopic (exact) mass is 546 g/mol. The Hall–Kier alpha value is -4.46. The molecule has 1 atom stereocenters. The quantitative estimate of drug-likeness (QED) is 0.323. The summed E-state index contributed by atoms with van der Waals surface area (Å²) in [5, 5.41) is 5.31. The second kappa shape index (κ2) is 11.5. The summed E-state index contributed by atoms with van der Waals surface area (Å²) in [5.41, 5.74) is -1.89. The molecule has 10 nitrogen and oxygen atoms in total. The van der Waals surface area contributed by atoms with E-state index in [1.165, 1.54) is 44.0 Å². The maximum atomic E-state index is 13.3. The third-order valence-electron chi connectivity index (χ3n) is 5.81. The first-order valence-electron chi connectivity index (χ1n) is 11.5. The van der Waals surface area contributed by atoms with E-state index >= 15 is 0 Å². The van der Waals surface area contributed by atoms with Crippen molar-refractivity contribution in [2.24, 2.45) is 10.4 Å². The molecule has 2 aromatic heterocycles. The van der Waals surface area contributed by atoms with Gasteiger partial charge in [-0.25, -0.2) is 19.4 Å². The molecule has 3 heterocycles. The van der Waals surface area contributed by atoms with Crippen molar-refractivity contribution in [3.8, 4) is 6.01 Å². The molecule has 0 saturated carbocycles. The summed E-state index contributed by atoms with van der Waals surface area (Å²) < 4.78 is 63.3. The summed E-state index contributed by atoms with van der Waals surface area (Å²) in [7, 11) is 1.39. The summed E-state index contributed by atoms with van der Waals surface area (Å²) in [5.74, 6) is -2.09. The number of benzene rings is 1. The molecule has 0 bridgehead atoms. The fourth-order valence-corrected chi connectivity index (χ4v) is 3.67. The van der Waals surface area contributed by atoms with Crippen LogP contribution in [-0.2, 0) is 22.3 Å². The van der Waals surface area contributed by atoms with Crippen LogP contribution in [0.15, 0.2) is 53.9 Å². The van der Waals surface area contributed by atoms with Gasteiger partial charge in [0.25, 0.3) is 5.91 Å². The lowest BCUT2D eigenvalue weighted by molar-refractivity contribution is -0.137. The van der Waals surface area contributed by atoms with Gasteiger partial charge in [-0.3, -0.25) is 14.6 Å². The van der Waals surface area contributed by atoms with Crippen LogP contribution in [0.4, 0.5) is 28.9 Å². The minimum atomic E-state index is -4.75. The summed E-state index contributed by atoms with van der Waals surface area (Å²) in [6, 6.07) is 5.39. The van der Waals surface area contributed by atoms with Crippen LogP contribution in [-0.4, -0.2) is 53.3 Å². The predicted molar refractivity (Wildman–Crippen MR) is 130 cm³/mol. The number of hydrogen-bond acceptors (Lipinski definition) is 8. The number of carbonyl (C=O) groups is 2. The number of hydrogen-bond donors (Lipinski definition) is 2. The Kier molecular flexibility index (Phi) is 8.14. The van der Waals surface area contributed by atoms with Crippen molar-refractivity contribution in [2.75, 3.05) is 25.6 Å². The minimum Gasteiger partial charge on any atom is -0.467 e. The molecule has 4 rings (SSSR count). The van der Waals surface area contributed by atoms with Crippen LogP contribution in [0.1, 0.15) is 28.0 Å². The zero-order valence-electron chi connectivity index (χ0n) is 20.5. The number of halogens is 4. The SMILES string of the molecule is COc1ncc(C(=O)N=C[C@@]2(C(=O)NCc3ccc(Nc4ccc(F)cc4C(F)(F)F)cn3)CCOC2)cn1. The fourth-order valence-electron chi connectivity index (χ4n) is 3.67. The van der Waals surface area contributed by atoms with Crippen LogP contribution in [0.25, 0.3) is 0 Å². The number of pyridine rings is 1. The van der Waals surface area contributed by atoms with Crippen molar-refractivity contribution in [3.05, 3.63) is 71.6 Å². The molecule has 0 unspecified atom stereocenters. The standard InChI is InChI=1S/C25H22F4N6O4/c1-38-23-32-9-15(10-33-23)21(36)34-13-24(6-7-39-14-24)22(37)31-11-17-3-4-18(12-30-17)35-20-5-2-16(26)8-19(20)25(27,28)29/h2-5,8-10,12-13,35H,6-7,11,14H2,1H3,(H,31,37)/t24-/m0/s1. The third kappa shape index (κ3) is 6.71. The lowest BCUT2D eigenvalue weighted by atomic mass is 9.87. The Balaban J connectivity index is 1.39. The molecule has 1 aliphatic rings. The molecule has 0 spiro atoms. The molecule has 1 aliphatic heterocycles. The molecule has 0 aliphatic carbocycles. The molecular formula is C25H22F4N6O4. The highest BCUT2D eigenvalue weighted by molar-refractivity contribution is 6.05. The lowest BCUT2D eigenvalue weighted by Gasteiger charge is -2.21. The van der Waals surface area contributed by atoms with E-state index in [1.807, 2.05) is 0 Å². The number of carbonyl (C=O) groups excluding carboxylic acids is 2. The van der Waals surface area contributed by atoms with Gasteiger partial charge in [-0.05, 0) is 36.8 Å². The first-order valence-corrected chi connectivity index (χ1v) is 11.5. The number of nitrogens with zero attached hydrogens (tertiary/aromatic N) is 4. The molecule has 204 valence electrons. The Labute approximate surface area is 219 Å². The maximum Gasteiger partial charge on any atom is 0.418 e. The van der Waals surface area contributed by atoms with Crippen LogP contribution < -0.4 is 15.4 Å². The van der Waals surface area contributed by atoms with Crippen molar-refractivity contribution >= 4 is 29.4 Å². The molecule has 1 aromatic carbocycles. The molecule has 39 heavy (non-hydrogen) atoms. The molecule has 2 amide bonds. The van der Waals surface area contributed by atoms with Crippen molar-refractivity contribution in [1.29, 1.82) is 0 Å². The van der Waals surface area contributed by atoms with E-state index in [1.54, 1.807) is 0 Å². The molecule has 3 aromatic rings. The molecular weight excluding hydrogens is 524 g/mol. The van der Waals surface area contributed by atoms with Crippen molar-refractivity contribution < 1.29 is 36.6 Å². The Morgan fingerprint density at radius 3 is 2.54 bits per heavy atom. The molecule has 0 radical (unpaired) electrons. The van der Waals surface area contributed by atoms with E-state index in [-0.39, 0.29) is 36.1 Å². The Morgan fingerprint density at radius 1 is 1.15 bits per heavy atom. The normalized spacial score (nSPS) is 17.3. The number of nitrogens with one attached hydrogen (secondary N) is 2. The van der Waals surface area contributed by atoms with Gasteiger partial charge in [0.1, 0.15) is 11.2 Å². The van der Waals surface area contributed by atoms with Crippen LogP contribution >= 0.6 is 0 Å². The van der Waals surface area contributed by atoms with Crippen LogP contribution in [0.2, 0.25) is 0 Å². The molecule has 14 heteroatoms. The Morgan fingerprint density at radius 2 is 1.92 bits per heavy atom. The number of ether oxygens (including phenoxy) is 2. The highest BCUT2D eigenvalue weighted by Gasteiger charge is 2.41.